The number of nitrogens with two attached hydrogens (primary N) is 1. The van der Waals surface area contributed by atoms with Crippen LogP contribution in [-0.2, 0) is 17.9 Å². The summed E-state index contributed by atoms with van der Waals surface area (Å²) in [7, 11) is 0. The molecule has 1 saturated carbocycles. The maximum Gasteiger partial charge on any atom is 0.241 e. The Kier molecular flexibility index (Phi) is 5.77. The second-order valence-corrected chi connectivity index (χ2v) is 8.99. The van der Waals surface area contributed by atoms with E-state index in [9.17, 15) is 4.79 Å². The first-order valence-electron chi connectivity index (χ1n) is 13.5. The minimum atomic E-state index is -0.419. The van der Waals surface area contributed by atoms with Gasteiger partial charge in [0.15, 0.2) is 0 Å². The van der Waals surface area contributed by atoms with E-state index in [0.717, 1.165) is 25.2 Å². The summed E-state index contributed by atoms with van der Waals surface area (Å²) in [5.41, 5.74) is 9.67. The first-order chi connectivity index (χ1) is 16.1. The van der Waals surface area contributed by atoms with Gasteiger partial charge in [0.05, 0.1) is 11.6 Å². The molecule has 3 N–H and O–H groups in total. The van der Waals surface area contributed by atoms with Crippen molar-refractivity contribution < 1.29 is 10.7 Å². The predicted octanol–water partition coefficient (Wildman–Crippen LogP) is 4.99. The van der Waals surface area contributed by atoms with E-state index in [-0.39, 0.29) is 5.91 Å². The number of nitrogens with zero attached hydrogens (tertiary/aromatic N) is 2. The third-order valence-corrected chi connectivity index (χ3v) is 6.81. The van der Waals surface area contributed by atoms with Crippen molar-refractivity contribution in [2.24, 2.45) is 11.7 Å². The quantitative estimate of drug-likeness (QED) is 0.684. The minimum Gasteiger partial charge on any atom is -0.347 e. The van der Waals surface area contributed by atoms with Crippen LogP contribution < -0.4 is 11.1 Å². The van der Waals surface area contributed by atoms with Crippen molar-refractivity contribution in [2.45, 2.75) is 77.4 Å². The molecule has 1 aliphatic carbocycles. The second-order valence-electron chi connectivity index (χ2n) is 8.99. The van der Waals surface area contributed by atoms with Crippen molar-refractivity contribution >= 4 is 22.5 Å². The van der Waals surface area contributed by atoms with Crippen LogP contribution in [0.1, 0.15) is 69.8 Å². The Morgan fingerprint density at radius 1 is 1.24 bits per heavy atom. The smallest absolute Gasteiger partial charge is 0.241 e. The number of aromatic nitrogens is 1. The van der Waals surface area contributed by atoms with Crippen molar-refractivity contribution in [3.05, 3.63) is 30.0 Å². The number of benzene rings is 1. The van der Waals surface area contributed by atoms with Gasteiger partial charge in [-0.25, -0.2) is 0 Å². The molecule has 1 aromatic heterocycles. The molecule has 1 amide bonds. The zero-order valence-electron chi connectivity index (χ0n) is 21.8. The summed E-state index contributed by atoms with van der Waals surface area (Å²) in [6, 6.07) is 5.88. The Morgan fingerprint density at radius 2 is 2.00 bits per heavy atom. The molecule has 2 fully saturated rings. The first-order valence-corrected chi connectivity index (χ1v) is 11.5. The number of fused-ring (bicyclic) bond motifs is 1. The molecule has 1 aliphatic heterocycles. The van der Waals surface area contributed by atoms with Crippen molar-refractivity contribution in [1.29, 1.82) is 0 Å². The number of carbonyl (C=O) groups is 1. The molecule has 4 rings (SSSR count). The fraction of sp³-hybridized carbons (Fsp3) is 0.625. The Balaban J connectivity index is 0.000000914. The second kappa shape index (κ2) is 9.31. The fourth-order valence-corrected chi connectivity index (χ4v) is 5.14. The number of hydrogen-bond acceptors (Lipinski definition) is 3. The molecule has 0 unspecified atom stereocenters. The predicted molar refractivity (Wildman–Crippen MR) is 124 cm³/mol. The van der Waals surface area contributed by atoms with Gasteiger partial charge < -0.3 is 15.6 Å². The van der Waals surface area contributed by atoms with Crippen molar-refractivity contribution in [3.8, 4) is 0 Å². The van der Waals surface area contributed by atoms with Crippen LogP contribution in [0, 0.1) is 5.92 Å². The van der Waals surface area contributed by atoms with E-state index in [1.807, 2.05) is 6.07 Å². The summed E-state index contributed by atoms with van der Waals surface area (Å²) in [5, 5.41) is 4.36. The lowest BCUT2D eigenvalue weighted by molar-refractivity contribution is -0.117. The summed E-state index contributed by atoms with van der Waals surface area (Å²) in [6.45, 7) is 6.51. The number of hydrogen-bond donors (Lipinski definition) is 2. The van der Waals surface area contributed by atoms with Crippen molar-refractivity contribution in [2.75, 3.05) is 18.4 Å². The highest BCUT2D eigenvalue weighted by Crippen LogP contribution is 2.29. The molecule has 162 valence electrons. The Morgan fingerprint density at radius 3 is 2.72 bits per heavy atom. The number of nitrogens with one attached hydrogen (secondary N) is 1. The SMILES string of the molecule is CCn1cc(CN2CCCC2)c2ccc(NC(=O)[C@@H](N)CC3CCCCC3)cc21.[2H][2H].[2H][2H]. The van der Waals surface area contributed by atoms with Gasteiger partial charge in [-0.2, -0.15) is 0 Å². The van der Waals surface area contributed by atoms with Crippen molar-refractivity contribution in [1.82, 2.24) is 9.47 Å². The van der Waals surface area contributed by atoms with Gasteiger partial charge in [-0.3, -0.25) is 9.69 Å². The van der Waals surface area contributed by atoms with E-state index < -0.39 is 6.04 Å². The molecule has 1 aromatic carbocycles. The molecule has 1 atom stereocenters. The maximum atomic E-state index is 12.7. The molecular formula is C24H40N4O. The van der Waals surface area contributed by atoms with Crippen LogP contribution in [-0.4, -0.2) is 34.5 Å². The first kappa shape index (κ1) is 18.0. The number of aryl methyl sites for hydroxylation is 1. The normalized spacial score (nSPS) is 20.2. The average Bonchev–Trinajstić information content (AvgIpc) is 3.50. The van der Waals surface area contributed by atoms with E-state index in [4.69, 9.17) is 11.7 Å². The Labute approximate surface area is 180 Å². The molecule has 0 bridgehead atoms. The number of likely N-dealkylation sites (tertiary alicyclic amines) is 1. The van der Waals surface area contributed by atoms with Crippen LogP contribution in [0.25, 0.3) is 10.9 Å². The van der Waals surface area contributed by atoms with Gasteiger partial charge in [0.1, 0.15) is 0 Å². The van der Waals surface area contributed by atoms with Crippen LogP contribution in [0.15, 0.2) is 24.4 Å². The highest BCUT2D eigenvalue weighted by Gasteiger charge is 2.22. The van der Waals surface area contributed by atoms with E-state index in [2.05, 4.69) is 40.0 Å². The molecular weight excluding hydrogens is 360 g/mol. The molecule has 0 spiro atoms. The minimum absolute atomic E-state index is 0.0539. The molecule has 5 heteroatoms. The number of rotatable bonds is 7. The molecule has 2 heterocycles. The standard InChI is InChI=1S/C24H36N4O.2H2/c1-2-28-17-19(16-27-12-6-7-13-27)21-11-10-20(15-23(21)28)26-24(29)22(25)14-18-8-4-3-5-9-18;;/h10-11,15,17-18,22H,2-9,12-14,16,25H2,1H3,(H,26,29);2*1H/t22-;;/m0../s1/i;2*1+1D. The summed E-state index contributed by atoms with van der Waals surface area (Å²) in [6.07, 6.45) is 12.0. The zero-order chi connectivity index (χ0) is 24.2. The van der Waals surface area contributed by atoms with E-state index in [0.29, 0.717) is 5.92 Å². The summed E-state index contributed by atoms with van der Waals surface area (Å²) in [5.74, 6) is 0.555. The van der Waals surface area contributed by atoms with Gasteiger partial charge in [0.2, 0.25) is 5.91 Å². The third kappa shape index (κ3) is 4.84. The monoisotopic (exact) mass is 404 g/mol. The van der Waals surface area contributed by atoms with E-state index in [1.54, 1.807) is 0 Å². The molecule has 2 aromatic rings. The lowest BCUT2D eigenvalue weighted by Crippen LogP contribution is -2.37. The summed E-state index contributed by atoms with van der Waals surface area (Å²) < 4.78 is 22.3. The average molecular weight is 405 g/mol. The molecule has 5 nitrogen and oxygen atoms in total. The summed E-state index contributed by atoms with van der Waals surface area (Å²) >= 11 is 0. The molecule has 2 aliphatic rings. The zero-order valence-corrected chi connectivity index (χ0v) is 17.8. The maximum absolute atomic E-state index is 12.7. The third-order valence-electron chi connectivity index (χ3n) is 6.81. The van der Waals surface area contributed by atoms with Gasteiger partial charge in [-0.1, -0.05) is 38.2 Å². The van der Waals surface area contributed by atoms with Crippen LogP contribution >= 0.6 is 0 Å². The van der Waals surface area contributed by atoms with Gasteiger partial charge in [-0.05, 0) is 62.9 Å². The largest absolute Gasteiger partial charge is 0.347 e. The number of carbonyl (C=O) groups excluding carboxylic acids is 1. The lowest BCUT2D eigenvalue weighted by atomic mass is 9.85. The number of amides is 1. The van der Waals surface area contributed by atoms with Crippen LogP contribution in [0.4, 0.5) is 5.69 Å². The molecule has 29 heavy (non-hydrogen) atoms. The molecule has 0 radical (unpaired) electrons. The van der Waals surface area contributed by atoms with Gasteiger partial charge in [0.25, 0.3) is 0 Å². The van der Waals surface area contributed by atoms with E-state index >= 15 is 0 Å². The van der Waals surface area contributed by atoms with Gasteiger partial charge >= 0.3 is 0 Å². The topological polar surface area (TPSA) is 63.3 Å². The lowest BCUT2D eigenvalue weighted by Gasteiger charge is -2.24. The number of anilines is 1. The van der Waals surface area contributed by atoms with Crippen LogP contribution in [0.5, 0.6) is 0 Å². The highest BCUT2D eigenvalue weighted by atomic mass is 16.2. The highest BCUT2D eigenvalue weighted by molar-refractivity contribution is 5.97. The van der Waals surface area contributed by atoms with E-state index in [1.165, 1.54) is 74.5 Å². The van der Waals surface area contributed by atoms with Gasteiger partial charge in [0, 0.05) is 36.3 Å². The Hall–Kier alpha value is -1.85. The van der Waals surface area contributed by atoms with Crippen LogP contribution in [0.3, 0.4) is 0 Å². The molecule has 1 saturated heterocycles. The van der Waals surface area contributed by atoms with Crippen molar-refractivity contribution in [3.63, 3.8) is 0 Å². The Bertz CT molecular complexity index is 848. The summed E-state index contributed by atoms with van der Waals surface area (Å²) in [4.78, 5) is 15.2. The van der Waals surface area contributed by atoms with Gasteiger partial charge in [-0.15, -0.1) is 0 Å². The fourth-order valence-electron chi connectivity index (χ4n) is 5.14. The van der Waals surface area contributed by atoms with Crippen LogP contribution in [0.2, 0.25) is 0 Å².